The maximum Gasteiger partial charge on any atom is 0.387 e. The van der Waals surface area contributed by atoms with Crippen molar-refractivity contribution in [2.45, 2.75) is 19.1 Å². The van der Waals surface area contributed by atoms with Crippen LogP contribution in [-0.2, 0) is 4.79 Å². The van der Waals surface area contributed by atoms with E-state index in [0.29, 0.717) is 18.0 Å². The van der Waals surface area contributed by atoms with Crippen LogP contribution in [0.3, 0.4) is 0 Å². The van der Waals surface area contributed by atoms with E-state index in [1.807, 2.05) is 0 Å². The molecule has 1 heterocycles. The van der Waals surface area contributed by atoms with E-state index in [1.54, 1.807) is 36.3 Å². The van der Waals surface area contributed by atoms with Crippen molar-refractivity contribution in [3.63, 3.8) is 0 Å². The van der Waals surface area contributed by atoms with E-state index in [4.69, 9.17) is 4.74 Å². The quantitative estimate of drug-likeness (QED) is 0.793. The molecule has 3 rings (SSSR count). The van der Waals surface area contributed by atoms with Crippen LogP contribution in [-0.4, -0.2) is 38.2 Å². The molecule has 3 amide bonds. The first-order valence-electron chi connectivity index (χ1n) is 8.51. The maximum atomic E-state index is 12.3. The Morgan fingerprint density at radius 1 is 1.11 bits per heavy atom. The van der Waals surface area contributed by atoms with Crippen molar-refractivity contribution in [1.82, 2.24) is 5.32 Å². The van der Waals surface area contributed by atoms with Crippen molar-refractivity contribution in [3.05, 3.63) is 48.5 Å². The lowest BCUT2D eigenvalue weighted by molar-refractivity contribution is -0.117. The third-order valence-corrected chi connectivity index (χ3v) is 4.18. The lowest BCUT2D eigenvalue weighted by atomic mass is 10.2. The average molecular weight is 391 g/mol. The van der Waals surface area contributed by atoms with Gasteiger partial charge in [-0.05, 0) is 48.5 Å². The Hall–Kier alpha value is -3.36. The molecule has 148 valence electrons. The van der Waals surface area contributed by atoms with Crippen LogP contribution in [0.1, 0.15) is 6.42 Å². The topological polar surface area (TPSA) is 79.9 Å². The van der Waals surface area contributed by atoms with Gasteiger partial charge >= 0.3 is 12.6 Å². The van der Waals surface area contributed by atoms with Crippen LogP contribution < -0.4 is 25.0 Å². The molecule has 0 radical (unpaired) electrons. The van der Waals surface area contributed by atoms with Crippen LogP contribution in [0, 0.1) is 0 Å². The van der Waals surface area contributed by atoms with Crippen LogP contribution in [0.2, 0.25) is 0 Å². The van der Waals surface area contributed by atoms with Gasteiger partial charge in [-0.3, -0.25) is 4.79 Å². The highest BCUT2D eigenvalue weighted by Gasteiger charge is 2.31. The number of anilines is 2. The fourth-order valence-electron chi connectivity index (χ4n) is 2.89. The van der Waals surface area contributed by atoms with Gasteiger partial charge in [-0.25, -0.2) is 4.79 Å². The van der Waals surface area contributed by atoms with E-state index < -0.39 is 12.6 Å². The Bertz CT molecular complexity index is 828. The summed E-state index contributed by atoms with van der Waals surface area (Å²) in [6.07, 6.45) is 0.181. The molecule has 1 aliphatic heterocycles. The van der Waals surface area contributed by atoms with Crippen molar-refractivity contribution in [1.29, 1.82) is 0 Å². The summed E-state index contributed by atoms with van der Waals surface area (Å²) in [6, 6.07) is 11.8. The molecule has 1 atom stereocenters. The predicted molar refractivity (Wildman–Crippen MR) is 99.0 cm³/mol. The highest BCUT2D eigenvalue weighted by atomic mass is 19.3. The Labute approximate surface area is 160 Å². The molecule has 2 aromatic rings. The number of carbonyl (C=O) groups excluding carboxylic acids is 2. The first-order chi connectivity index (χ1) is 13.4. The molecule has 9 heteroatoms. The number of urea groups is 1. The molecular weight excluding hydrogens is 372 g/mol. The fraction of sp³-hybridized carbons (Fsp3) is 0.263. The van der Waals surface area contributed by atoms with Crippen molar-refractivity contribution >= 4 is 23.3 Å². The number of amides is 3. The summed E-state index contributed by atoms with van der Waals surface area (Å²) in [4.78, 5) is 26.0. The zero-order chi connectivity index (χ0) is 20.1. The minimum atomic E-state index is -2.91. The van der Waals surface area contributed by atoms with E-state index in [0.717, 1.165) is 5.69 Å². The van der Waals surface area contributed by atoms with Crippen molar-refractivity contribution in [3.8, 4) is 11.5 Å². The molecule has 2 aromatic carbocycles. The Kier molecular flexibility index (Phi) is 5.93. The molecule has 7 nitrogen and oxygen atoms in total. The highest BCUT2D eigenvalue weighted by Crippen LogP contribution is 2.24. The Morgan fingerprint density at radius 3 is 2.36 bits per heavy atom. The maximum absolute atomic E-state index is 12.3. The summed E-state index contributed by atoms with van der Waals surface area (Å²) in [5.41, 5.74) is 1.14. The van der Waals surface area contributed by atoms with Crippen molar-refractivity contribution in [2.75, 3.05) is 23.9 Å². The number of nitrogens with zero attached hydrogens (tertiary/aromatic N) is 1. The van der Waals surface area contributed by atoms with Gasteiger partial charge in [0.25, 0.3) is 0 Å². The van der Waals surface area contributed by atoms with E-state index in [1.165, 1.54) is 24.3 Å². The van der Waals surface area contributed by atoms with Crippen LogP contribution >= 0.6 is 0 Å². The Balaban J connectivity index is 1.53. The van der Waals surface area contributed by atoms with Gasteiger partial charge in [0.2, 0.25) is 5.91 Å². The van der Waals surface area contributed by atoms with Crippen LogP contribution in [0.15, 0.2) is 48.5 Å². The first kappa shape index (κ1) is 19.4. The molecule has 1 fully saturated rings. The van der Waals surface area contributed by atoms with Gasteiger partial charge in [-0.15, -0.1) is 0 Å². The molecular formula is C19H19F2N3O4. The number of benzene rings is 2. The molecule has 0 aromatic heterocycles. The van der Waals surface area contributed by atoms with Gasteiger partial charge in [0.1, 0.15) is 11.5 Å². The van der Waals surface area contributed by atoms with E-state index in [-0.39, 0.29) is 24.1 Å². The number of alkyl halides is 2. The third kappa shape index (κ3) is 4.87. The van der Waals surface area contributed by atoms with Crippen molar-refractivity contribution < 1.29 is 27.8 Å². The zero-order valence-corrected chi connectivity index (χ0v) is 15.0. The number of hydrogen-bond donors (Lipinski definition) is 2. The number of halogens is 2. The standard InChI is InChI=1S/C19H19F2N3O4/c1-27-15-8-4-14(5-9-15)24-11-13(10-17(24)25)23-19(26)22-12-2-6-16(7-3-12)28-18(20)21/h2-9,13,18H,10-11H2,1H3,(H2,22,23,26)/t13-/m1/s1. The second kappa shape index (κ2) is 8.55. The first-order valence-corrected chi connectivity index (χ1v) is 8.51. The molecule has 0 saturated carbocycles. The SMILES string of the molecule is COc1ccc(N2C[C@H](NC(=O)Nc3ccc(OC(F)F)cc3)CC2=O)cc1. The zero-order valence-electron chi connectivity index (χ0n) is 15.0. The number of rotatable bonds is 6. The largest absolute Gasteiger partial charge is 0.497 e. The van der Waals surface area contributed by atoms with Gasteiger partial charge < -0.3 is 25.0 Å². The number of methoxy groups -OCH3 is 1. The van der Waals surface area contributed by atoms with Gasteiger partial charge in [0, 0.05) is 24.3 Å². The molecule has 1 saturated heterocycles. The fourth-order valence-corrected chi connectivity index (χ4v) is 2.89. The molecule has 0 bridgehead atoms. The third-order valence-electron chi connectivity index (χ3n) is 4.18. The summed E-state index contributed by atoms with van der Waals surface area (Å²) in [7, 11) is 1.56. The summed E-state index contributed by atoms with van der Waals surface area (Å²) >= 11 is 0. The summed E-state index contributed by atoms with van der Waals surface area (Å²) in [5, 5.41) is 5.33. The van der Waals surface area contributed by atoms with Crippen LogP contribution in [0.4, 0.5) is 25.0 Å². The minimum absolute atomic E-state index is 0.00233. The molecule has 0 unspecified atom stereocenters. The average Bonchev–Trinajstić information content (AvgIpc) is 3.03. The molecule has 1 aliphatic rings. The number of ether oxygens (including phenoxy) is 2. The van der Waals surface area contributed by atoms with Gasteiger partial charge in [0.15, 0.2) is 0 Å². The van der Waals surface area contributed by atoms with Crippen LogP contribution in [0.25, 0.3) is 0 Å². The molecule has 0 spiro atoms. The van der Waals surface area contributed by atoms with E-state index >= 15 is 0 Å². The molecule has 28 heavy (non-hydrogen) atoms. The number of hydrogen-bond acceptors (Lipinski definition) is 4. The lowest BCUT2D eigenvalue weighted by Crippen LogP contribution is -2.39. The lowest BCUT2D eigenvalue weighted by Gasteiger charge is -2.18. The monoisotopic (exact) mass is 391 g/mol. The minimum Gasteiger partial charge on any atom is -0.497 e. The molecule has 0 aliphatic carbocycles. The Morgan fingerprint density at radius 2 is 1.75 bits per heavy atom. The second-order valence-corrected chi connectivity index (χ2v) is 6.10. The highest BCUT2D eigenvalue weighted by molar-refractivity contribution is 5.97. The molecule has 2 N–H and O–H groups in total. The predicted octanol–water partition coefficient (Wildman–Crippen LogP) is 3.22. The van der Waals surface area contributed by atoms with Gasteiger partial charge in [0.05, 0.1) is 13.2 Å². The van der Waals surface area contributed by atoms with E-state index in [2.05, 4.69) is 15.4 Å². The summed E-state index contributed by atoms with van der Waals surface area (Å²) in [6.45, 7) is -2.56. The summed E-state index contributed by atoms with van der Waals surface area (Å²) < 4.78 is 33.6. The smallest absolute Gasteiger partial charge is 0.387 e. The van der Waals surface area contributed by atoms with E-state index in [9.17, 15) is 18.4 Å². The number of carbonyl (C=O) groups is 2. The van der Waals surface area contributed by atoms with Gasteiger partial charge in [-0.1, -0.05) is 0 Å². The van der Waals surface area contributed by atoms with Gasteiger partial charge in [-0.2, -0.15) is 8.78 Å². The number of nitrogens with one attached hydrogen (secondary N) is 2. The van der Waals surface area contributed by atoms with Crippen molar-refractivity contribution in [2.24, 2.45) is 0 Å². The summed E-state index contributed by atoms with van der Waals surface area (Å²) in [5.74, 6) is 0.593. The van der Waals surface area contributed by atoms with Crippen LogP contribution in [0.5, 0.6) is 11.5 Å². The second-order valence-electron chi connectivity index (χ2n) is 6.10. The normalized spacial score (nSPS) is 16.2.